The van der Waals surface area contributed by atoms with Crippen molar-refractivity contribution in [3.05, 3.63) is 34.1 Å². The third-order valence-electron chi connectivity index (χ3n) is 2.95. The number of benzene rings is 1. The van der Waals surface area contributed by atoms with E-state index in [0.717, 1.165) is 12.1 Å². The van der Waals surface area contributed by atoms with Gasteiger partial charge in [-0.15, -0.1) is 0 Å². The van der Waals surface area contributed by atoms with Crippen molar-refractivity contribution in [1.82, 2.24) is 0 Å². The van der Waals surface area contributed by atoms with Crippen LogP contribution in [-0.4, -0.2) is 23.5 Å². The maximum absolute atomic E-state index is 13.1. The van der Waals surface area contributed by atoms with Gasteiger partial charge in [-0.05, 0) is 25.5 Å². The quantitative estimate of drug-likeness (QED) is 0.493. The van der Waals surface area contributed by atoms with Gasteiger partial charge in [-0.25, -0.2) is 9.18 Å². The van der Waals surface area contributed by atoms with Crippen LogP contribution in [0.3, 0.4) is 0 Å². The van der Waals surface area contributed by atoms with Gasteiger partial charge in [-0.2, -0.15) is 0 Å². The molecule has 1 aromatic rings. The van der Waals surface area contributed by atoms with Crippen LogP contribution in [0, 0.1) is 15.9 Å². The summed E-state index contributed by atoms with van der Waals surface area (Å²) in [6, 6.07) is 3.15. The maximum atomic E-state index is 13.1. The number of nitro groups is 1. The summed E-state index contributed by atoms with van der Waals surface area (Å²) in [6.07, 6.45) is 1.10. The summed E-state index contributed by atoms with van der Waals surface area (Å²) in [5.41, 5.74) is -1.44. The SMILES string of the molecule is CCCC(C)(Nc1ccc(F)cc1[N+](=O)[O-])C(=O)OC. The van der Waals surface area contributed by atoms with Crippen LogP contribution in [0.1, 0.15) is 26.7 Å². The van der Waals surface area contributed by atoms with Crippen LogP contribution in [-0.2, 0) is 9.53 Å². The Labute approximate surface area is 116 Å². The largest absolute Gasteiger partial charge is 0.467 e. The van der Waals surface area contributed by atoms with E-state index in [-0.39, 0.29) is 5.69 Å². The number of nitrogens with zero attached hydrogens (tertiary/aromatic N) is 1. The molecule has 0 heterocycles. The molecule has 1 atom stereocenters. The lowest BCUT2D eigenvalue weighted by molar-refractivity contribution is -0.384. The fourth-order valence-electron chi connectivity index (χ4n) is 2.00. The molecule has 1 aromatic carbocycles. The van der Waals surface area contributed by atoms with Gasteiger partial charge in [0.2, 0.25) is 0 Å². The number of hydrogen-bond donors (Lipinski definition) is 1. The molecule has 0 spiro atoms. The summed E-state index contributed by atoms with van der Waals surface area (Å²) in [6.45, 7) is 3.47. The summed E-state index contributed by atoms with van der Waals surface area (Å²) in [5.74, 6) is -1.24. The third kappa shape index (κ3) is 3.43. The Morgan fingerprint density at radius 2 is 2.20 bits per heavy atom. The van der Waals surface area contributed by atoms with Gasteiger partial charge in [0.25, 0.3) is 5.69 Å². The Bertz CT molecular complexity index is 521. The number of esters is 1. The van der Waals surface area contributed by atoms with E-state index in [0.29, 0.717) is 12.8 Å². The van der Waals surface area contributed by atoms with Gasteiger partial charge in [0, 0.05) is 0 Å². The smallest absolute Gasteiger partial charge is 0.331 e. The molecule has 1 N–H and O–H groups in total. The Morgan fingerprint density at radius 1 is 1.55 bits per heavy atom. The lowest BCUT2D eigenvalue weighted by atomic mass is 9.95. The highest BCUT2D eigenvalue weighted by atomic mass is 19.1. The predicted molar refractivity (Wildman–Crippen MR) is 72.0 cm³/mol. The molecular formula is C13H17FN2O4. The summed E-state index contributed by atoms with van der Waals surface area (Å²) in [4.78, 5) is 22.1. The number of carbonyl (C=O) groups is 1. The third-order valence-corrected chi connectivity index (χ3v) is 2.95. The molecule has 6 nitrogen and oxygen atoms in total. The predicted octanol–water partition coefficient (Wildman–Crippen LogP) is 2.88. The molecule has 0 aliphatic rings. The zero-order valence-electron chi connectivity index (χ0n) is 11.6. The van der Waals surface area contributed by atoms with Crippen molar-refractivity contribution in [1.29, 1.82) is 0 Å². The normalized spacial score (nSPS) is 13.4. The minimum Gasteiger partial charge on any atom is -0.467 e. The minimum atomic E-state index is -1.11. The number of anilines is 1. The van der Waals surface area contributed by atoms with Gasteiger partial charge in [0.1, 0.15) is 17.0 Å². The van der Waals surface area contributed by atoms with Crippen LogP contribution in [0.25, 0.3) is 0 Å². The lowest BCUT2D eigenvalue weighted by Gasteiger charge is -2.28. The number of halogens is 1. The molecule has 1 unspecified atom stereocenters. The summed E-state index contributed by atoms with van der Waals surface area (Å²) in [7, 11) is 1.25. The fourth-order valence-corrected chi connectivity index (χ4v) is 2.00. The lowest BCUT2D eigenvalue weighted by Crippen LogP contribution is -2.44. The van der Waals surface area contributed by atoms with E-state index in [1.165, 1.54) is 13.2 Å². The highest BCUT2D eigenvalue weighted by molar-refractivity contribution is 5.85. The first-order chi connectivity index (χ1) is 9.34. The molecule has 0 aliphatic heterocycles. The van der Waals surface area contributed by atoms with Crippen molar-refractivity contribution >= 4 is 17.3 Å². The average Bonchev–Trinajstić information content (AvgIpc) is 2.39. The molecule has 20 heavy (non-hydrogen) atoms. The van der Waals surface area contributed by atoms with E-state index in [4.69, 9.17) is 4.74 Å². The van der Waals surface area contributed by atoms with E-state index in [1.807, 2.05) is 6.92 Å². The van der Waals surface area contributed by atoms with Crippen molar-refractivity contribution in [3.63, 3.8) is 0 Å². The summed E-state index contributed by atoms with van der Waals surface area (Å²) < 4.78 is 17.8. The highest BCUT2D eigenvalue weighted by Crippen LogP contribution is 2.30. The number of hydrogen-bond acceptors (Lipinski definition) is 5. The molecule has 0 saturated heterocycles. The van der Waals surface area contributed by atoms with Crippen LogP contribution in [0.15, 0.2) is 18.2 Å². The van der Waals surface area contributed by atoms with Gasteiger partial charge < -0.3 is 10.1 Å². The van der Waals surface area contributed by atoms with Gasteiger partial charge in [0.05, 0.1) is 18.1 Å². The van der Waals surface area contributed by atoms with Gasteiger partial charge in [0.15, 0.2) is 0 Å². The Morgan fingerprint density at radius 3 is 2.70 bits per heavy atom. The molecular weight excluding hydrogens is 267 g/mol. The molecule has 0 aliphatic carbocycles. The number of ether oxygens (including phenoxy) is 1. The summed E-state index contributed by atoms with van der Waals surface area (Å²) in [5, 5.41) is 13.7. The maximum Gasteiger partial charge on any atom is 0.331 e. The summed E-state index contributed by atoms with van der Waals surface area (Å²) >= 11 is 0. The van der Waals surface area contributed by atoms with Gasteiger partial charge in [-0.1, -0.05) is 13.3 Å². The molecule has 1 rings (SSSR count). The van der Waals surface area contributed by atoms with Crippen molar-refractivity contribution < 1.29 is 18.8 Å². The second kappa shape index (κ2) is 6.31. The fraction of sp³-hybridized carbons (Fsp3) is 0.462. The Balaban J connectivity index is 3.18. The zero-order chi connectivity index (χ0) is 15.3. The second-order valence-corrected chi connectivity index (χ2v) is 4.62. The van der Waals surface area contributed by atoms with Crippen molar-refractivity contribution in [2.75, 3.05) is 12.4 Å². The van der Waals surface area contributed by atoms with Crippen LogP contribution >= 0.6 is 0 Å². The van der Waals surface area contributed by atoms with Gasteiger partial charge in [-0.3, -0.25) is 10.1 Å². The molecule has 0 bridgehead atoms. The molecule has 0 amide bonds. The highest BCUT2D eigenvalue weighted by Gasteiger charge is 2.35. The van der Waals surface area contributed by atoms with E-state index in [1.54, 1.807) is 6.92 Å². The molecule has 0 radical (unpaired) electrons. The molecule has 0 saturated carbocycles. The molecule has 110 valence electrons. The first-order valence-electron chi connectivity index (χ1n) is 6.14. The molecule has 7 heteroatoms. The van der Waals surface area contributed by atoms with Crippen molar-refractivity contribution in [2.24, 2.45) is 0 Å². The molecule has 0 fully saturated rings. The standard InChI is InChI=1S/C13H17FN2O4/c1-4-7-13(2,12(17)20-3)15-10-6-5-9(14)8-11(10)16(18)19/h5-6,8,15H,4,7H2,1-3H3. The number of carbonyl (C=O) groups excluding carboxylic acids is 1. The number of nitro benzene ring substituents is 1. The topological polar surface area (TPSA) is 81.5 Å². The van der Waals surface area contributed by atoms with Crippen LogP contribution in [0.2, 0.25) is 0 Å². The molecule has 0 aromatic heterocycles. The number of rotatable bonds is 6. The number of methoxy groups -OCH3 is 1. The first kappa shape index (κ1) is 15.9. The zero-order valence-corrected chi connectivity index (χ0v) is 11.6. The minimum absolute atomic E-state index is 0.0813. The van der Waals surface area contributed by atoms with E-state index in [9.17, 15) is 19.3 Å². The second-order valence-electron chi connectivity index (χ2n) is 4.62. The van der Waals surface area contributed by atoms with Crippen LogP contribution in [0.4, 0.5) is 15.8 Å². The van der Waals surface area contributed by atoms with E-state index in [2.05, 4.69) is 5.32 Å². The van der Waals surface area contributed by atoms with Crippen molar-refractivity contribution in [2.45, 2.75) is 32.2 Å². The Hall–Kier alpha value is -2.18. The van der Waals surface area contributed by atoms with Gasteiger partial charge >= 0.3 is 5.97 Å². The first-order valence-corrected chi connectivity index (χ1v) is 6.14. The average molecular weight is 284 g/mol. The van der Waals surface area contributed by atoms with Crippen molar-refractivity contribution in [3.8, 4) is 0 Å². The Kier molecular flexibility index (Phi) is 5.01. The van der Waals surface area contributed by atoms with Crippen LogP contribution in [0.5, 0.6) is 0 Å². The monoisotopic (exact) mass is 284 g/mol. The van der Waals surface area contributed by atoms with Crippen LogP contribution < -0.4 is 5.32 Å². The van der Waals surface area contributed by atoms with E-state index < -0.39 is 27.9 Å². The number of nitrogens with one attached hydrogen (secondary N) is 1. The van der Waals surface area contributed by atoms with E-state index >= 15 is 0 Å².